The van der Waals surface area contributed by atoms with Crippen LogP contribution in [0.5, 0.6) is 0 Å². The molecule has 34 heavy (non-hydrogen) atoms. The third-order valence-electron chi connectivity index (χ3n) is 5.60. The predicted molar refractivity (Wildman–Crippen MR) is 125 cm³/mol. The van der Waals surface area contributed by atoms with Crippen LogP contribution in [0.2, 0.25) is 0 Å². The van der Waals surface area contributed by atoms with E-state index in [1.54, 1.807) is 18.2 Å². The molecule has 3 heterocycles. The number of aryl methyl sites for hydroxylation is 1. The van der Waals surface area contributed by atoms with Crippen LogP contribution in [-0.2, 0) is 7.05 Å². The van der Waals surface area contributed by atoms with E-state index in [9.17, 15) is 14.4 Å². The van der Waals surface area contributed by atoms with Crippen molar-refractivity contribution in [1.82, 2.24) is 35.1 Å². The van der Waals surface area contributed by atoms with Crippen molar-refractivity contribution in [2.45, 2.75) is 57.7 Å². The minimum atomic E-state index is -0.550. The van der Waals surface area contributed by atoms with E-state index < -0.39 is 11.5 Å². The van der Waals surface area contributed by atoms with Crippen LogP contribution in [0.15, 0.2) is 29.2 Å². The van der Waals surface area contributed by atoms with Gasteiger partial charge >= 0.3 is 5.69 Å². The first-order chi connectivity index (χ1) is 16.0. The van der Waals surface area contributed by atoms with Crippen LogP contribution in [0.25, 0.3) is 5.69 Å². The van der Waals surface area contributed by atoms with Gasteiger partial charge in [0.2, 0.25) is 5.95 Å². The lowest BCUT2D eigenvalue weighted by atomic mass is 9.79. The second-order valence-corrected chi connectivity index (χ2v) is 9.80. The van der Waals surface area contributed by atoms with Gasteiger partial charge in [-0.2, -0.15) is 19.6 Å². The first-order valence-corrected chi connectivity index (χ1v) is 10.9. The molecule has 1 aliphatic heterocycles. The Kier molecular flexibility index (Phi) is 5.82. The number of nitrogens with zero attached hydrogens (tertiary/aromatic N) is 7. The van der Waals surface area contributed by atoms with E-state index >= 15 is 0 Å². The zero-order valence-corrected chi connectivity index (χ0v) is 19.7. The van der Waals surface area contributed by atoms with Crippen LogP contribution >= 0.6 is 0 Å². The number of halogens is 1. The Balaban J connectivity index is 1.59. The van der Waals surface area contributed by atoms with Gasteiger partial charge in [0, 0.05) is 29.9 Å². The number of nitriles is 1. The van der Waals surface area contributed by atoms with Crippen LogP contribution < -0.4 is 21.6 Å². The molecule has 2 aromatic heterocycles. The molecule has 3 aromatic rings. The number of nitrogens with one attached hydrogen (secondary N) is 3. The van der Waals surface area contributed by atoms with E-state index in [0.717, 1.165) is 28.4 Å². The maximum Gasteiger partial charge on any atom is 0.368 e. The third-order valence-corrected chi connectivity index (χ3v) is 5.60. The van der Waals surface area contributed by atoms with Crippen molar-refractivity contribution in [3.05, 3.63) is 46.3 Å². The van der Waals surface area contributed by atoms with Crippen molar-refractivity contribution >= 4 is 17.5 Å². The molecular formula is C22H27FN10O. The van der Waals surface area contributed by atoms with Crippen molar-refractivity contribution in [1.29, 1.82) is 5.26 Å². The molecule has 1 fully saturated rings. The van der Waals surface area contributed by atoms with Crippen molar-refractivity contribution in [2.75, 3.05) is 10.6 Å². The summed E-state index contributed by atoms with van der Waals surface area (Å²) in [6.07, 6.45) is 2.70. The van der Waals surface area contributed by atoms with E-state index in [1.807, 2.05) is 6.07 Å². The Hall–Kier alpha value is -3.85. The molecule has 0 spiro atoms. The Morgan fingerprint density at radius 2 is 1.91 bits per heavy atom. The lowest BCUT2D eigenvalue weighted by molar-refractivity contribution is 0.170. The summed E-state index contributed by atoms with van der Waals surface area (Å²) < 4.78 is 16.6. The molecule has 1 aliphatic rings. The molecule has 0 aliphatic carbocycles. The monoisotopic (exact) mass is 466 g/mol. The van der Waals surface area contributed by atoms with Gasteiger partial charge in [-0.05, 0) is 69.2 Å². The minimum Gasteiger partial charge on any atom is -0.365 e. The first-order valence-electron chi connectivity index (χ1n) is 10.9. The number of tetrazole rings is 1. The highest BCUT2D eigenvalue weighted by Crippen LogP contribution is 2.31. The Morgan fingerprint density at radius 1 is 1.21 bits per heavy atom. The highest BCUT2D eigenvalue weighted by molar-refractivity contribution is 5.63. The normalized spacial score (nSPS) is 17.2. The quantitative estimate of drug-likeness (QED) is 0.517. The van der Waals surface area contributed by atoms with E-state index in [1.165, 1.54) is 7.05 Å². The minimum absolute atomic E-state index is 0.0218. The topological polar surface area (TPSA) is 138 Å². The van der Waals surface area contributed by atoms with E-state index in [0.29, 0.717) is 5.69 Å². The van der Waals surface area contributed by atoms with Crippen LogP contribution in [-0.4, -0.2) is 46.9 Å². The van der Waals surface area contributed by atoms with Gasteiger partial charge in [0.25, 0.3) is 0 Å². The van der Waals surface area contributed by atoms with Crippen LogP contribution in [0.3, 0.4) is 0 Å². The summed E-state index contributed by atoms with van der Waals surface area (Å²) in [7, 11) is 1.46. The van der Waals surface area contributed by atoms with Crippen LogP contribution in [0, 0.1) is 17.1 Å². The standard InChI is InChI=1S/C22H27FN10O/c1-21(2)9-15(10-22(3,4)29-21)26-18-16(23)12-25-19(28-18)27-14-7-6-13(11-24)17(8-14)33-20(34)32(5)30-31-33/h6-8,12,15,29H,9-10H2,1-5H3,(H2,25,26,27,28). The first kappa shape index (κ1) is 23.3. The molecule has 3 N–H and O–H groups in total. The summed E-state index contributed by atoms with van der Waals surface area (Å²) in [6, 6.07) is 6.80. The van der Waals surface area contributed by atoms with E-state index in [2.05, 4.69) is 64.0 Å². The number of hydrogen-bond donors (Lipinski definition) is 3. The molecule has 0 bridgehead atoms. The number of hydrogen-bond acceptors (Lipinski definition) is 9. The van der Waals surface area contributed by atoms with Gasteiger partial charge in [-0.3, -0.25) is 0 Å². The number of benzene rings is 1. The molecule has 0 amide bonds. The van der Waals surface area contributed by atoms with Gasteiger partial charge in [0.05, 0.1) is 17.4 Å². The molecule has 11 nitrogen and oxygen atoms in total. The van der Waals surface area contributed by atoms with Crippen LogP contribution in [0.4, 0.5) is 21.8 Å². The zero-order chi connectivity index (χ0) is 24.7. The van der Waals surface area contributed by atoms with Crippen molar-refractivity contribution in [3.63, 3.8) is 0 Å². The van der Waals surface area contributed by atoms with Crippen molar-refractivity contribution < 1.29 is 4.39 Å². The zero-order valence-electron chi connectivity index (χ0n) is 19.7. The molecule has 178 valence electrons. The molecule has 4 rings (SSSR count). The fourth-order valence-electron chi connectivity index (χ4n) is 4.62. The molecule has 1 aromatic carbocycles. The fraction of sp³-hybridized carbons (Fsp3) is 0.455. The largest absolute Gasteiger partial charge is 0.368 e. The lowest BCUT2D eigenvalue weighted by Crippen LogP contribution is -2.60. The van der Waals surface area contributed by atoms with Crippen molar-refractivity contribution in [2.24, 2.45) is 7.05 Å². The summed E-state index contributed by atoms with van der Waals surface area (Å²) in [5, 5.41) is 26.8. The number of rotatable bonds is 5. The number of piperidine rings is 1. The number of anilines is 3. The summed E-state index contributed by atoms with van der Waals surface area (Å²) in [6.45, 7) is 8.49. The molecule has 0 atom stereocenters. The van der Waals surface area contributed by atoms with Crippen LogP contribution in [0.1, 0.15) is 46.1 Å². The van der Waals surface area contributed by atoms with Gasteiger partial charge in [-0.1, -0.05) is 0 Å². The van der Waals surface area contributed by atoms with Crippen molar-refractivity contribution in [3.8, 4) is 11.8 Å². The Morgan fingerprint density at radius 3 is 2.53 bits per heavy atom. The van der Waals surface area contributed by atoms with E-state index in [4.69, 9.17) is 0 Å². The Labute approximate surface area is 196 Å². The molecule has 1 saturated heterocycles. The summed E-state index contributed by atoms with van der Waals surface area (Å²) in [5.41, 5.74) is 0.277. The van der Waals surface area contributed by atoms with Gasteiger partial charge in [-0.25, -0.2) is 14.2 Å². The summed E-state index contributed by atoms with van der Waals surface area (Å²) in [5.74, 6) is -0.278. The smallest absolute Gasteiger partial charge is 0.365 e. The molecule has 0 unspecified atom stereocenters. The molecule has 12 heteroatoms. The average molecular weight is 467 g/mol. The maximum absolute atomic E-state index is 14.6. The number of aromatic nitrogens is 6. The Bertz CT molecular complexity index is 1300. The summed E-state index contributed by atoms with van der Waals surface area (Å²) in [4.78, 5) is 20.6. The third kappa shape index (κ3) is 4.89. The van der Waals surface area contributed by atoms with Gasteiger partial charge in [-0.15, -0.1) is 0 Å². The highest BCUT2D eigenvalue weighted by Gasteiger charge is 2.38. The van der Waals surface area contributed by atoms with E-state index in [-0.39, 0.29) is 40.1 Å². The van der Waals surface area contributed by atoms with Gasteiger partial charge in [0.1, 0.15) is 6.07 Å². The average Bonchev–Trinajstić information content (AvgIpc) is 3.06. The SMILES string of the molecule is Cn1nnn(-c2cc(Nc3ncc(F)c(NC4CC(C)(C)NC(C)(C)C4)n3)ccc2C#N)c1=O. The maximum atomic E-state index is 14.6. The molecule has 0 saturated carbocycles. The fourth-order valence-corrected chi connectivity index (χ4v) is 4.62. The lowest BCUT2D eigenvalue weighted by Gasteiger charge is -2.46. The second-order valence-electron chi connectivity index (χ2n) is 9.80. The van der Waals surface area contributed by atoms with Gasteiger partial charge in [0.15, 0.2) is 11.6 Å². The predicted octanol–water partition coefficient (Wildman–Crippen LogP) is 2.23. The second kappa shape index (κ2) is 8.49. The molecular weight excluding hydrogens is 439 g/mol. The van der Waals surface area contributed by atoms with Gasteiger partial charge < -0.3 is 16.0 Å². The summed E-state index contributed by atoms with van der Waals surface area (Å²) >= 11 is 0. The highest BCUT2D eigenvalue weighted by atomic mass is 19.1. The molecule has 0 radical (unpaired) electrons.